The Balaban J connectivity index is 1.55. The molecule has 7 nitrogen and oxygen atoms in total. The number of hydrogen-bond donors (Lipinski definition) is 1. The van der Waals surface area contributed by atoms with Gasteiger partial charge in [0, 0.05) is 22.5 Å². The third-order valence-corrected chi connectivity index (χ3v) is 5.65. The zero-order valence-corrected chi connectivity index (χ0v) is 19.5. The highest BCUT2D eigenvalue weighted by Gasteiger charge is 2.23. The van der Waals surface area contributed by atoms with Crippen molar-refractivity contribution in [3.63, 3.8) is 0 Å². The summed E-state index contributed by atoms with van der Waals surface area (Å²) in [5.74, 6) is -1.94. The first-order valence-electron chi connectivity index (χ1n) is 10.0. The summed E-state index contributed by atoms with van der Waals surface area (Å²) in [6.45, 7) is -1.34. The molecular formula is C23H16ClF3N4O3S. The van der Waals surface area contributed by atoms with E-state index < -0.39 is 24.1 Å². The molecule has 0 spiro atoms. The van der Waals surface area contributed by atoms with E-state index in [1.807, 2.05) is 0 Å². The number of halogens is 4. The van der Waals surface area contributed by atoms with Gasteiger partial charge in [0.05, 0.1) is 11.1 Å². The highest BCUT2D eigenvalue weighted by molar-refractivity contribution is 7.17. The van der Waals surface area contributed by atoms with Gasteiger partial charge in [-0.3, -0.25) is 15.1 Å². The summed E-state index contributed by atoms with van der Waals surface area (Å²) in [7, 11) is 0. The van der Waals surface area contributed by atoms with Crippen LogP contribution in [0.1, 0.15) is 21.6 Å². The maximum atomic E-state index is 14.7. The maximum Gasteiger partial charge on any atom is 0.387 e. The second-order valence-electron chi connectivity index (χ2n) is 7.11. The molecule has 12 heteroatoms. The molecule has 0 saturated heterocycles. The summed E-state index contributed by atoms with van der Waals surface area (Å²) < 4.78 is 50.6. The smallest absolute Gasteiger partial charge is 0.387 e. The van der Waals surface area contributed by atoms with Crippen molar-refractivity contribution in [1.29, 1.82) is 0 Å². The van der Waals surface area contributed by atoms with E-state index in [9.17, 15) is 18.0 Å². The van der Waals surface area contributed by atoms with Gasteiger partial charge in [-0.1, -0.05) is 34.9 Å². The molecule has 0 aliphatic carbocycles. The molecule has 0 unspecified atom stereocenters. The number of aryl methyl sites for hydroxylation is 1. The molecule has 4 aromatic rings. The van der Waals surface area contributed by atoms with Crippen LogP contribution in [0.5, 0.6) is 10.9 Å². The van der Waals surface area contributed by atoms with Gasteiger partial charge in [-0.05, 0) is 54.2 Å². The molecule has 35 heavy (non-hydrogen) atoms. The van der Waals surface area contributed by atoms with Crippen molar-refractivity contribution >= 4 is 34.0 Å². The molecule has 1 amide bonds. The molecule has 1 N–H and O–H groups in total. The number of benzene rings is 2. The van der Waals surface area contributed by atoms with Crippen molar-refractivity contribution in [2.24, 2.45) is 0 Å². The highest BCUT2D eigenvalue weighted by Crippen LogP contribution is 2.36. The predicted octanol–water partition coefficient (Wildman–Crippen LogP) is 6.13. The lowest BCUT2D eigenvalue weighted by molar-refractivity contribution is -0.0495. The molecule has 4 rings (SSSR count). The van der Waals surface area contributed by atoms with E-state index in [0.717, 1.165) is 23.0 Å². The third-order valence-electron chi connectivity index (χ3n) is 4.65. The molecule has 2 aromatic heterocycles. The molecule has 0 aliphatic heterocycles. The predicted molar refractivity (Wildman–Crippen MR) is 125 cm³/mol. The fraction of sp³-hybridized carbons (Fsp3) is 0.130. The Morgan fingerprint density at radius 3 is 2.69 bits per heavy atom. The van der Waals surface area contributed by atoms with E-state index in [4.69, 9.17) is 16.3 Å². The van der Waals surface area contributed by atoms with Gasteiger partial charge in [0.1, 0.15) is 18.2 Å². The minimum Gasteiger partial charge on any atom is -0.464 e. The van der Waals surface area contributed by atoms with Crippen LogP contribution in [0.3, 0.4) is 0 Å². The van der Waals surface area contributed by atoms with Crippen LogP contribution in [0, 0.1) is 12.7 Å². The van der Waals surface area contributed by atoms with Crippen molar-refractivity contribution in [3.8, 4) is 22.1 Å². The average molecular weight is 521 g/mol. The van der Waals surface area contributed by atoms with Gasteiger partial charge >= 0.3 is 6.61 Å². The van der Waals surface area contributed by atoms with Gasteiger partial charge in [0.25, 0.3) is 11.1 Å². The van der Waals surface area contributed by atoms with Gasteiger partial charge in [0.15, 0.2) is 0 Å². The molecule has 0 bridgehead atoms. The van der Waals surface area contributed by atoms with Crippen LogP contribution >= 0.6 is 22.9 Å². The number of nitrogens with one attached hydrogen (secondary N) is 1. The SMILES string of the molecule is Cc1cc(-c2c(F)cccc2OC(F)F)c(C(=O)Nc2nnc(OCc3ccc(Cl)cc3)s2)cn1. The standard InChI is InChI=1S/C23H16ClF3N4O3S/c1-12-9-15(19-17(25)3-2-4-18(19)34-21(26)27)16(10-28-12)20(32)29-22-30-31-23(35-22)33-11-13-5-7-14(24)8-6-13/h2-10,21H,11H2,1H3,(H,29,30,32). The molecule has 0 saturated carbocycles. The fourth-order valence-corrected chi connectivity index (χ4v) is 3.83. The van der Waals surface area contributed by atoms with Crippen LogP contribution in [0.25, 0.3) is 11.1 Å². The maximum absolute atomic E-state index is 14.7. The monoisotopic (exact) mass is 520 g/mol. The molecule has 0 radical (unpaired) electrons. The number of alkyl halides is 2. The van der Waals surface area contributed by atoms with Crippen molar-refractivity contribution in [2.45, 2.75) is 20.1 Å². The van der Waals surface area contributed by atoms with Crippen molar-refractivity contribution in [3.05, 3.63) is 82.4 Å². The quantitative estimate of drug-likeness (QED) is 0.300. The average Bonchev–Trinajstić information content (AvgIpc) is 3.25. The number of anilines is 1. The second-order valence-corrected chi connectivity index (χ2v) is 8.48. The first-order valence-corrected chi connectivity index (χ1v) is 11.2. The summed E-state index contributed by atoms with van der Waals surface area (Å²) in [5.41, 5.74) is 0.979. The largest absolute Gasteiger partial charge is 0.464 e. The van der Waals surface area contributed by atoms with Crippen LogP contribution in [0.2, 0.25) is 5.02 Å². The Labute approximate surface area is 206 Å². The van der Waals surface area contributed by atoms with Crippen molar-refractivity contribution in [2.75, 3.05) is 5.32 Å². The minimum atomic E-state index is -3.18. The number of amides is 1. The number of rotatable bonds is 8. The van der Waals surface area contributed by atoms with Gasteiger partial charge in [0.2, 0.25) is 5.13 Å². The van der Waals surface area contributed by atoms with Gasteiger partial charge in [-0.25, -0.2) is 4.39 Å². The number of hydrogen-bond acceptors (Lipinski definition) is 7. The first kappa shape index (κ1) is 24.4. The van der Waals surface area contributed by atoms with E-state index in [-0.39, 0.29) is 33.6 Å². The summed E-state index contributed by atoms with van der Waals surface area (Å²) in [6.07, 6.45) is 1.22. The second kappa shape index (κ2) is 10.7. The van der Waals surface area contributed by atoms with Gasteiger partial charge < -0.3 is 9.47 Å². The van der Waals surface area contributed by atoms with Crippen LogP contribution in [-0.4, -0.2) is 27.7 Å². The molecule has 180 valence electrons. The molecule has 0 aliphatic rings. The third kappa shape index (κ3) is 6.06. The minimum absolute atomic E-state index is 0.0347. The van der Waals surface area contributed by atoms with Crippen LogP contribution < -0.4 is 14.8 Å². The summed E-state index contributed by atoms with van der Waals surface area (Å²) in [6, 6.07) is 12.0. The number of aromatic nitrogens is 3. The van der Waals surface area contributed by atoms with Crippen LogP contribution in [-0.2, 0) is 6.61 Å². The lowest BCUT2D eigenvalue weighted by atomic mass is 9.98. The summed E-state index contributed by atoms with van der Waals surface area (Å²) >= 11 is 6.84. The van der Waals surface area contributed by atoms with Crippen LogP contribution in [0.4, 0.5) is 18.3 Å². The zero-order valence-electron chi connectivity index (χ0n) is 18.0. The fourth-order valence-electron chi connectivity index (χ4n) is 3.12. The molecule has 0 atom stereocenters. The Kier molecular flexibility index (Phi) is 7.47. The number of nitrogens with zero attached hydrogens (tertiary/aromatic N) is 3. The zero-order chi connectivity index (χ0) is 24.9. The van der Waals surface area contributed by atoms with E-state index in [2.05, 4.69) is 25.2 Å². The highest BCUT2D eigenvalue weighted by atomic mass is 35.5. The number of carbonyl (C=O) groups excluding carboxylic acids is 1. The Morgan fingerprint density at radius 2 is 1.94 bits per heavy atom. The van der Waals surface area contributed by atoms with Crippen molar-refractivity contribution < 1.29 is 27.4 Å². The van der Waals surface area contributed by atoms with Gasteiger partial charge in [-0.15, -0.1) is 5.10 Å². The Morgan fingerprint density at radius 1 is 1.17 bits per heavy atom. The Bertz CT molecular complexity index is 1350. The molecule has 2 heterocycles. The topological polar surface area (TPSA) is 86.2 Å². The number of carbonyl (C=O) groups is 1. The lowest BCUT2D eigenvalue weighted by Gasteiger charge is -2.15. The van der Waals surface area contributed by atoms with Crippen LogP contribution in [0.15, 0.2) is 54.7 Å². The molecule has 0 fully saturated rings. The number of ether oxygens (including phenoxy) is 2. The van der Waals surface area contributed by atoms with Crippen molar-refractivity contribution in [1.82, 2.24) is 15.2 Å². The number of pyridine rings is 1. The normalized spacial score (nSPS) is 10.9. The summed E-state index contributed by atoms with van der Waals surface area (Å²) in [5, 5.41) is 11.2. The van der Waals surface area contributed by atoms with E-state index in [1.165, 1.54) is 24.4 Å². The van der Waals surface area contributed by atoms with E-state index >= 15 is 0 Å². The summed E-state index contributed by atoms with van der Waals surface area (Å²) in [4.78, 5) is 17.1. The van der Waals surface area contributed by atoms with Gasteiger partial charge in [-0.2, -0.15) is 8.78 Å². The first-order chi connectivity index (χ1) is 16.8. The Hall–Kier alpha value is -3.70. The molecule has 2 aromatic carbocycles. The van der Waals surface area contributed by atoms with E-state index in [1.54, 1.807) is 31.2 Å². The van der Waals surface area contributed by atoms with E-state index in [0.29, 0.717) is 10.7 Å². The lowest BCUT2D eigenvalue weighted by Crippen LogP contribution is -2.14. The molecular weight excluding hydrogens is 505 g/mol.